The van der Waals surface area contributed by atoms with E-state index in [9.17, 15) is 5.11 Å². The second kappa shape index (κ2) is 8.31. The minimum absolute atomic E-state index is 0.196. The van der Waals surface area contributed by atoms with Gasteiger partial charge in [0.2, 0.25) is 0 Å². The van der Waals surface area contributed by atoms with E-state index in [4.69, 9.17) is 0 Å². The van der Waals surface area contributed by atoms with Gasteiger partial charge < -0.3 is 5.11 Å². The van der Waals surface area contributed by atoms with E-state index in [-0.39, 0.29) is 5.41 Å². The van der Waals surface area contributed by atoms with Gasteiger partial charge in [-0.2, -0.15) is 0 Å². The molecule has 1 rings (SSSR count). The molecule has 1 N–H and O–H groups in total. The SMILES string of the molecule is CCCCC(CCO)(CCCC)c1ccccc1. The van der Waals surface area contributed by atoms with Crippen molar-refractivity contribution in [3.8, 4) is 0 Å². The molecule has 0 aromatic heterocycles. The Morgan fingerprint density at radius 1 is 0.889 bits per heavy atom. The van der Waals surface area contributed by atoms with Crippen molar-refractivity contribution in [2.24, 2.45) is 0 Å². The summed E-state index contributed by atoms with van der Waals surface area (Å²) in [5, 5.41) is 9.46. The molecule has 0 saturated carbocycles. The van der Waals surface area contributed by atoms with Gasteiger partial charge in [0.1, 0.15) is 0 Å². The molecule has 0 heterocycles. The van der Waals surface area contributed by atoms with Gasteiger partial charge in [-0.25, -0.2) is 0 Å². The van der Waals surface area contributed by atoms with Crippen LogP contribution in [0.3, 0.4) is 0 Å². The van der Waals surface area contributed by atoms with E-state index in [0.717, 1.165) is 6.42 Å². The summed E-state index contributed by atoms with van der Waals surface area (Å²) in [4.78, 5) is 0. The van der Waals surface area contributed by atoms with Crippen LogP contribution in [-0.4, -0.2) is 11.7 Å². The molecule has 0 aliphatic heterocycles. The summed E-state index contributed by atoms with van der Waals surface area (Å²) in [6.45, 7) is 4.78. The first-order valence-electron chi connectivity index (χ1n) is 7.45. The van der Waals surface area contributed by atoms with Gasteiger partial charge in [-0.1, -0.05) is 69.9 Å². The molecule has 0 amide bonds. The van der Waals surface area contributed by atoms with E-state index in [1.165, 1.54) is 44.1 Å². The number of aliphatic hydroxyl groups is 1. The van der Waals surface area contributed by atoms with Crippen molar-refractivity contribution in [1.29, 1.82) is 0 Å². The Hall–Kier alpha value is -0.820. The van der Waals surface area contributed by atoms with Crippen molar-refractivity contribution in [2.75, 3.05) is 6.61 Å². The van der Waals surface area contributed by atoms with Gasteiger partial charge in [0, 0.05) is 6.61 Å². The van der Waals surface area contributed by atoms with E-state index < -0.39 is 0 Å². The third-order valence-electron chi connectivity index (χ3n) is 3.99. The Labute approximate surface area is 112 Å². The Bertz CT molecular complexity index is 297. The molecule has 0 fully saturated rings. The fourth-order valence-corrected chi connectivity index (χ4v) is 2.84. The van der Waals surface area contributed by atoms with Crippen molar-refractivity contribution >= 4 is 0 Å². The lowest BCUT2D eigenvalue weighted by Gasteiger charge is -2.34. The van der Waals surface area contributed by atoms with Gasteiger partial charge in [0.05, 0.1) is 0 Å². The predicted molar refractivity (Wildman–Crippen MR) is 78.9 cm³/mol. The number of hydrogen-bond donors (Lipinski definition) is 1. The molecule has 1 aromatic rings. The largest absolute Gasteiger partial charge is 0.396 e. The van der Waals surface area contributed by atoms with Gasteiger partial charge in [-0.15, -0.1) is 0 Å². The monoisotopic (exact) mass is 248 g/mol. The molecule has 1 nitrogen and oxygen atoms in total. The van der Waals surface area contributed by atoms with Crippen molar-refractivity contribution < 1.29 is 5.11 Å². The highest BCUT2D eigenvalue weighted by molar-refractivity contribution is 5.25. The zero-order valence-electron chi connectivity index (χ0n) is 12.0. The summed E-state index contributed by atoms with van der Waals surface area (Å²) in [6.07, 6.45) is 8.26. The van der Waals surface area contributed by atoms with E-state index in [1.54, 1.807) is 0 Å². The lowest BCUT2D eigenvalue weighted by molar-refractivity contribution is 0.214. The Kier molecular flexibility index (Phi) is 7.04. The zero-order chi connectivity index (χ0) is 13.3. The van der Waals surface area contributed by atoms with Crippen LogP contribution in [-0.2, 0) is 5.41 Å². The van der Waals surface area contributed by atoms with Crippen LogP contribution in [0, 0.1) is 0 Å². The second-order valence-corrected chi connectivity index (χ2v) is 5.33. The third kappa shape index (κ3) is 4.13. The van der Waals surface area contributed by atoms with Crippen molar-refractivity contribution in [2.45, 2.75) is 64.2 Å². The van der Waals surface area contributed by atoms with E-state index in [2.05, 4.69) is 44.2 Å². The number of benzene rings is 1. The maximum atomic E-state index is 9.46. The average molecular weight is 248 g/mol. The minimum Gasteiger partial charge on any atom is -0.396 e. The normalized spacial score (nSPS) is 11.7. The van der Waals surface area contributed by atoms with Gasteiger partial charge in [-0.05, 0) is 30.2 Å². The standard InChI is InChI=1S/C17H28O/c1-3-5-12-17(14-15-18,13-6-4-2)16-10-8-7-9-11-16/h7-11,18H,3-6,12-15H2,1-2H3. The molecule has 0 bridgehead atoms. The molecule has 18 heavy (non-hydrogen) atoms. The van der Waals surface area contributed by atoms with Crippen LogP contribution in [0.2, 0.25) is 0 Å². The Balaban J connectivity index is 2.94. The number of rotatable bonds is 9. The molecule has 0 saturated heterocycles. The molecule has 0 atom stereocenters. The van der Waals surface area contributed by atoms with Crippen LogP contribution in [0.5, 0.6) is 0 Å². The van der Waals surface area contributed by atoms with Crippen LogP contribution in [0.1, 0.15) is 64.4 Å². The maximum Gasteiger partial charge on any atom is 0.0439 e. The van der Waals surface area contributed by atoms with E-state index in [1.807, 2.05) is 0 Å². The first-order chi connectivity index (χ1) is 8.79. The van der Waals surface area contributed by atoms with Crippen LogP contribution in [0.4, 0.5) is 0 Å². The number of aliphatic hydroxyl groups excluding tert-OH is 1. The second-order valence-electron chi connectivity index (χ2n) is 5.33. The minimum atomic E-state index is 0.196. The first-order valence-corrected chi connectivity index (χ1v) is 7.45. The molecule has 1 heteroatoms. The maximum absolute atomic E-state index is 9.46. The van der Waals surface area contributed by atoms with Gasteiger partial charge in [0.15, 0.2) is 0 Å². The van der Waals surface area contributed by atoms with Crippen LogP contribution >= 0.6 is 0 Å². The number of unbranched alkanes of at least 4 members (excludes halogenated alkanes) is 2. The third-order valence-corrected chi connectivity index (χ3v) is 3.99. The summed E-state index contributed by atoms with van der Waals surface area (Å²) in [7, 11) is 0. The smallest absolute Gasteiger partial charge is 0.0439 e. The van der Waals surface area contributed by atoms with Crippen LogP contribution < -0.4 is 0 Å². The topological polar surface area (TPSA) is 20.2 Å². The molecule has 0 aliphatic carbocycles. The highest BCUT2D eigenvalue weighted by Crippen LogP contribution is 2.38. The average Bonchev–Trinajstić information content (AvgIpc) is 2.43. The zero-order valence-corrected chi connectivity index (χ0v) is 12.0. The van der Waals surface area contributed by atoms with E-state index >= 15 is 0 Å². The van der Waals surface area contributed by atoms with Crippen LogP contribution in [0.25, 0.3) is 0 Å². The highest BCUT2D eigenvalue weighted by atomic mass is 16.3. The summed E-state index contributed by atoms with van der Waals surface area (Å²) in [5.41, 5.74) is 1.61. The summed E-state index contributed by atoms with van der Waals surface area (Å²) < 4.78 is 0. The van der Waals surface area contributed by atoms with E-state index in [0.29, 0.717) is 6.61 Å². The highest BCUT2D eigenvalue weighted by Gasteiger charge is 2.30. The molecular weight excluding hydrogens is 220 g/mol. The predicted octanol–water partition coefficient (Wildman–Crippen LogP) is 4.69. The fraction of sp³-hybridized carbons (Fsp3) is 0.647. The number of hydrogen-bond acceptors (Lipinski definition) is 1. The Morgan fingerprint density at radius 3 is 1.89 bits per heavy atom. The molecule has 0 aliphatic rings. The molecular formula is C17H28O. The lowest BCUT2D eigenvalue weighted by Crippen LogP contribution is -2.27. The van der Waals surface area contributed by atoms with Gasteiger partial charge >= 0.3 is 0 Å². The van der Waals surface area contributed by atoms with Gasteiger partial charge in [0.25, 0.3) is 0 Å². The fourth-order valence-electron chi connectivity index (χ4n) is 2.84. The summed E-state index contributed by atoms with van der Waals surface area (Å²) in [6, 6.07) is 10.8. The molecule has 1 aromatic carbocycles. The molecule has 0 spiro atoms. The lowest BCUT2D eigenvalue weighted by atomic mass is 9.70. The first kappa shape index (κ1) is 15.2. The van der Waals surface area contributed by atoms with Gasteiger partial charge in [-0.3, -0.25) is 0 Å². The molecule has 0 unspecified atom stereocenters. The quantitative estimate of drug-likeness (QED) is 0.672. The molecule has 0 radical (unpaired) electrons. The molecule has 102 valence electrons. The Morgan fingerprint density at radius 2 is 1.44 bits per heavy atom. The summed E-state index contributed by atoms with van der Waals surface area (Å²) in [5.74, 6) is 0. The van der Waals surface area contributed by atoms with Crippen molar-refractivity contribution in [1.82, 2.24) is 0 Å². The van der Waals surface area contributed by atoms with Crippen molar-refractivity contribution in [3.05, 3.63) is 35.9 Å². The summed E-state index contributed by atoms with van der Waals surface area (Å²) >= 11 is 0. The van der Waals surface area contributed by atoms with Crippen molar-refractivity contribution in [3.63, 3.8) is 0 Å². The van der Waals surface area contributed by atoms with Crippen LogP contribution in [0.15, 0.2) is 30.3 Å².